The Morgan fingerprint density at radius 3 is 2.61 bits per heavy atom. The van der Waals surface area contributed by atoms with E-state index in [2.05, 4.69) is 9.88 Å². The third-order valence-electron chi connectivity index (χ3n) is 4.83. The van der Waals surface area contributed by atoms with Gasteiger partial charge in [-0.2, -0.15) is 4.98 Å². The Morgan fingerprint density at radius 1 is 1.04 bits per heavy atom. The number of fused-ring (bicyclic) bond motifs is 3. The topological polar surface area (TPSA) is 75.3 Å². The molecule has 1 amide bonds. The highest BCUT2D eigenvalue weighted by Crippen LogP contribution is 2.38. The monoisotopic (exact) mass is 331 g/mol. The highest BCUT2D eigenvalue weighted by atomic mass is 32.1. The molecule has 2 aromatic heterocycles. The predicted molar refractivity (Wildman–Crippen MR) is 92.9 cm³/mol. The SMILES string of the molecule is Nc1nc(N2CCN(C=O)CC2)nc2sc3c(c12)CCCCC3. The lowest BCUT2D eigenvalue weighted by Crippen LogP contribution is -2.46. The van der Waals surface area contributed by atoms with Crippen LogP contribution in [-0.4, -0.2) is 47.5 Å². The van der Waals surface area contributed by atoms with Gasteiger partial charge in [-0.05, 0) is 31.2 Å². The minimum absolute atomic E-state index is 0.613. The van der Waals surface area contributed by atoms with Gasteiger partial charge in [-0.25, -0.2) is 4.98 Å². The summed E-state index contributed by atoms with van der Waals surface area (Å²) in [5, 5.41) is 1.09. The third kappa shape index (κ3) is 2.63. The minimum Gasteiger partial charge on any atom is -0.383 e. The fourth-order valence-electron chi connectivity index (χ4n) is 3.52. The summed E-state index contributed by atoms with van der Waals surface area (Å²) in [6.45, 7) is 2.95. The maximum atomic E-state index is 10.8. The van der Waals surface area contributed by atoms with Gasteiger partial charge in [-0.15, -0.1) is 11.3 Å². The summed E-state index contributed by atoms with van der Waals surface area (Å²) >= 11 is 1.79. The van der Waals surface area contributed by atoms with E-state index in [0.717, 1.165) is 42.6 Å². The van der Waals surface area contributed by atoms with Crippen LogP contribution in [0.15, 0.2) is 0 Å². The van der Waals surface area contributed by atoms with E-state index in [1.165, 1.54) is 29.7 Å². The summed E-state index contributed by atoms with van der Waals surface area (Å²) < 4.78 is 0. The Morgan fingerprint density at radius 2 is 1.83 bits per heavy atom. The summed E-state index contributed by atoms with van der Waals surface area (Å²) in [5.41, 5.74) is 7.69. The molecule has 0 aromatic carbocycles. The van der Waals surface area contributed by atoms with Crippen molar-refractivity contribution in [2.24, 2.45) is 0 Å². The van der Waals surface area contributed by atoms with Crippen LogP contribution in [0, 0.1) is 0 Å². The van der Waals surface area contributed by atoms with Crippen LogP contribution in [0.25, 0.3) is 10.2 Å². The van der Waals surface area contributed by atoms with Crippen molar-refractivity contribution in [2.75, 3.05) is 36.8 Å². The van der Waals surface area contributed by atoms with Crippen LogP contribution in [0.3, 0.4) is 0 Å². The molecule has 2 aliphatic rings. The van der Waals surface area contributed by atoms with E-state index in [-0.39, 0.29) is 0 Å². The van der Waals surface area contributed by atoms with Gasteiger partial charge < -0.3 is 15.5 Å². The van der Waals surface area contributed by atoms with Gasteiger partial charge >= 0.3 is 0 Å². The molecule has 122 valence electrons. The second-order valence-corrected chi connectivity index (χ2v) is 7.37. The number of aryl methyl sites for hydroxylation is 2. The number of thiophene rings is 1. The number of anilines is 2. The average molecular weight is 331 g/mol. The summed E-state index contributed by atoms with van der Waals surface area (Å²) in [6, 6.07) is 0. The zero-order valence-corrected chi connectivity index (χ0v) is 13.9. The number of carbonyl (C=O) groups is 1. The summed E-state index contributed by atoms with van der Waals surface area (Å²) in [5.74, 6) is 1.32. The molecule has 0 atom stereocenters. The fourth-order valence-corrected chi connectivity index (χ4v) is 4.78. The Bertz CT molecular complexity index is 736. The Kier molecular flexibility index (Phi) is 3.80. The number of hydrogen-bond acceptors (Lipinski definition) is 6. The first-order valence-corrected chi connectivity index (χ1v) is 9.10. The van der Waals surface area contributed by atoms with Gasteiger partial charge in [0.25, 0.3) is 0 Å². The van der Waals surface area contributed by atoms with E-state index in [1.807, 2.05) is 0 Å². The molecule has 1 saturated heterocycles. The van der Waals surface area contributed by atoms with Crippen LogP contribution < -0.4 is 10.6 Å². The molecule has 6 nitrogen and oxygen atoms in total. The zero-order chi connectivity index (χ0) is 15.8. The molecule has 2 N–H and O–H groups in total. The highest BCUT2D eigenvalue weighted by Gasteiger charge is 2.22. The smallest absolute Gasteiger partial charge is 0.228 e. The van der Waals surface area contributed by atoms with E-state index in [9.17, 15) is 4.79 Å². The first kappa shape index (κ1) is 14.7. The summed E-state index contributed by atoms with van der Waals surface area (Å²) in [4.78, 5) is 26.6. The molecule has 0 bridgehead atoms. The normalized spacial score (nSPS) is 18.8. The molecule has 23 heavy (non-hydrogen) atoms. The van der Waals surface area contributed by atoms with Crippen molar-refractivity contribution < 1.29 is 4.79 Å². The van der Waals surface area contributed by atoms with Crippen molar-refractivity contribution in [2.45, 2.75) is 32.1 Å². The van der Waals surface area contributed by atoms with Crippen LogP contribution in [0.5, 0.6) is 0 Å². The number of nitrogens with zero attached hydrogens (tertiary/aromatic N) is 4. The number of aromatic nitrogens is 2. The van der Waals surface area contributed by atoms with Crippen LogP contribution in [0.2, 0.25) is 0 Å². The minimum atomic E-state index is 0.613. The lowest BCUT2D eigenvalue weighted by atomic mass is 10.1. The van der Waals surface area contributed by atoms with Gasteiger partial charge in [0.2, 0.25) is 12.4 Å². The predicted octanol–water partition coefficient (Wildman–Crippen LogP) is 1.82. The fraction of sp³-hybridized carbons (Fsp3) is 0.562. The molecular formula is C16H21N5OS. The molecular weight excluding hydrogens is 310 g/mol. The second-order valence-electron chi connectivity index (χ2n) is 6.28. The van der Waals surface area contributed by atoms with Crippen LogP contribution in [-0.2, 0) is 17.6 Å². The van der Waals surface area contributed by atoms with Crippen molar-refractivity contribution in [1.82, 2.24) is 14.9 Å². The van der Waals surface area contributed by atoms with Crippen LogP contribution >= 0.6 is 11.3 Å². The number of nitrogen functional groups attached to an aromatic ring is 1. The lowest BCUT2D eigenvalue weighted by molar-refractivity contribution is -0.118. The molecule has 1 fully saturated rings. The van der Waals surface area contributed by atoms with E-state index in [4.69, 9.17) is 10.7 Å². The molecule has 1 aliphatic carbocycles. The van der Waals surface area contributed by atoms with Crippen LogP contribution in [0.4, 0.5) is 11.8 Å². The molecule has 0 radical (unpaired) electrons. The Balaban J connectivity index is 1.69. The van der Waals surface area contributed by atoms with Crippen molar-refractivity contribution >= 4 is 39.7 Å². The quantitative estimate of drug-likeness (QED) is 0.671. The number of hydrogen-bond donors (Lipinski definition) is 1. The number of carbonyl (C=O) groups excluding carboxylic acids is 1. The number of nitrogens with two attached hydrogens (primary N) is 1. The molecule has 0 unspecified atom stereocenters. The number of piperazine rings is 1. The molecule has 3 heterocycles. The molecule has 1 aliphatic heterocycles. The van der Waals surface area contributed by atoms with E-state index in [1.54, 1.807) is 16.2 Å². The van der Waals surface area contributed by atoms with Gasteiger partial charge in [0.05, 0.1) is 5.39 Å². The highest BCUT2D eigenvalue weighted by molar-refractivity contribution is 7.19. The van der Waals surface area contributed by atoms with Gasteiger partial charge in [0.1, 0.15) is 10.6 Å². The van der Waals surface area contributed by atoms with Crippen molar-refractivity contribution in [1.29, 1.82) is 0 Å². The third-order valence-corrected chi connectivity index (χ3v) is 6.01. The van der Waals surface area contributed by atoms with Gasteiger partial charge in [0.15, 0.2) is 0 Å². The maximum absolute atomic E-state index is 10.8. The second kappa shape index (κ2) is 5.96. The van der Waals surface area contributed by atoms with Crippen molar-refractivity contribution in [3.8, 4) is 0 Å². The van der Waals surface area contributed by atoms with E-state index >= 15 is 0 Å². The van der Waals surface area contributed by atoms with E-state index < -0.39 is 0 Å². The van der Waals surface area contributed by atoms with Crippen molar-refractivity contribution in [3.63, 3.8) is 0 Å². The largest absolute Gasteiger partial charge is 0.383 e. The average Bonchev–Trinajstić information content (AvgIpc) is 2.77. The summed E-state index contributed by atoms with van der Waals surface area (Å²) in [6.07, 6.45) is 6.93. The first-order chi connectivity index (χ1) is 11.3. The Hall–Kier alpha value is -1.89. The molecule has 4 rings (SSSR count). The lowest BCUT2D eigenvalue weighted by Gasteiger charge is -2.32. The maximum Gasteiger partial charge on any atom is 0.228 e. The molecule has 2 aromatic rings. The van der Waals surface area contributed by atoms with Gasteiger partial charge in [0, 0.05) is 31.1 Å². The summed E-state index contributed by atoms with van der Waals surface area (Å²) in [7, 11) is 0. The molecule has 0 spiro atoms. The standard InChI is InChI=1S/C16H21N5OS/c17-14-13-11-4-2-1-3-5-12(11)23-15(13)19-16(18-14)21-8-6-20(10-22)7-9-21/h10H,1-9H2,(H2,17,18,19). The van der Waals surface area contributed by atoms with Crippen LogP contribution in [0.1, 0.15) is 29.7 Å². The zero-order valence-electron chi connectivity index (χ0n) is 13.1. The number of amides is 1. The van der Waals surface area contributed by atoms with Gasteiger partial charge in [-0.3, -0.25) is 4.79 Å². The molecule has 0 saturated carbocycles. The van der Waals surface area contributed by atoms with Crippen molar-refractivity contribution in [3.05, 3.63) is 10.4 Å². The van der Waals surface area contributed by atoms with Gasteiger partial charge in [-0.1, -0.05) is 6.42 Å². The first-order valence-electron chi connectivity index (χ1n) is 8.28. The molecule has 7 heteroatoms. The Labute approximate surface area is 139 Å². The van der Waals surface area contributed by atoms with E-state index in [0.29, 0.717) is 24.9 Å². The number of rotatable bonds is 2.